The van der Waals surface area contributed by atoms with Gasteiger partial charge in [-0.1, -0.05) is 112 Å². The van der Waals surface area contributed by atoms with Gasteiger partial charge in [-0.05, 0) is 52.7 Å². The molecular weight excluding hydrogens is 475 g/mol. The van der Waals surface area contributed by atoms with Crippen molar-refractivity contribution in [2.75, 3.05) is 0 Å². The molecule has 3 aromatic rings. The summed E-state index contributed by atoms with van der Waals surface area (Å²) < 4.78 is 7.57. The van der Waals surface area contributed by atoms with Crippen molar-refractivity contribution in [3.8, 4) is 0 Å². The maximum Gasteiger partial charge on any atom is 0.261 e. The average molecular weight is 512 g/mol. The summed E-state index contributed by atoms with van der Waals surface area (Å²) in [5.41, 5.74) is 1.36. The summed E-state index contributed by atoms with van der Waals surface area (Å²) >= 11 is 1.92. The van der Waals surface area contributed by atoms with Crippen LogP contribution in [-0.2, 0) is 4.43 Å². The van der Waals surface area contributed by atoms with Crippen molar-refractivity contribution in [1.82, 2.24) is 4.98 Å². The van der Waals surface area contributed by atoms with E-state index < -0.39 is 8.32 Å². The molecule has 0 bridgehead atoms. The van der Waals surface area contributed by atoms with Crippen LogP contribution in [0.15, 0.2) is 114 Å². The first-order valence-electron chi connectivity index (χ1n) is 13.1. The molecule has 1 aromatic heterocycles. The lowest BCUT2D eigenvalue weighted by atomic mass is 9.91. The third-order valence-corrected chi connectivity index (χ3v) is 14.2. The fourth-order valence-electron chi connectivity index (χ4n) is 6.17. The summed E-state index contributed by atoms with van der Waals surface area (Å²) in [5.74, 6) is 0.936. The molecule has 0 radical (unpaired) electrons. The van der Waals surface area contributed by atoms with Crippen LogP contribution in [-0.4, -0.2) is 24.7 Å². The van der Waals surface area contributed by atoms with Crippen molar-refractivity contribution < 1.29 is 4.43 Å². The quantitative estimate of drug-likeness (QED) is 0.262. The van der Waals surface area contributed by atoms with E-state index in [9.17, 15) is 0 Å². The van der Waals surface area contributed by atoms with Crippen LogP contribution >= 0.6 is 11.8 Å². The van der Waals surface area contributed by atoms with E-state index in [2.05, 4.69) is 117 Å². The minimum atomic E-state index is -2.59. The molecule has 0 aliphatic heterocycles. The second-order valence-corrected chi connectivity index (χ2v) is 16.7. The zero-order chi connectivity index (χ0) is 25.2. The highest BCUT2D eigenvalue weighted by atomic mass is 32.2. The zero-order valence-corrected chi connectivity index (χ0v) is 23.5. The Morgan fingerprint density at radius 2 is 1.56 bits per heavy atom. The summed E-state index contributed by atoms with van der Waals surface area (Å²) in [4.78, 5) is 4.61. The smallest absolute Gasteiger partial charge is 0.261 e. The molecule has 0 saturated heterocycles. The molecule has 0 spiro atoms. The second kappa shape index (κ2) is 10.5. The van der Waals surface area contributed by atoms with Gasteiger partial charge in [0.25, 0.3) is 8.32 Å². The molecule has 0 N–H and O–H groups in total. The molecule has 2 aliphatic carbocycles. The fourth-order valence-corrected chi connectivity index (χ4v) is 12.2. The normalized spacial score (nSPS) is 24.4. The monoisotopic (exact) mass is 511 g/mol. The molecule has 2 nitrogen and oxygen atoms in total. The molecule has 1 unspecified atom stereocenters. The van der Waals surface area contributed by atoms with Crippen molar-refractivity contribution in [3.05, 3.63) is 109 Å². The molecule has 2 aromatic carbocycles. The molecule has 4 atom stereocenters. The third-order valence-electron chi connectivity index (χ3n) is 7.82. The summed E-state index contributed by atoms with van der Waals surface area (Å²) in [7, 11) is -2.59. The highest BCUT2D eigenvalue weighted by Crippen LogP contribution is 2.49. The standard InChI is InChI=1S/C32H37NOSSi/c1-24-22-30(35-31-20-11-12-21-33-31)29-23-25(14-13-19-28(24)29)34-36(32(2,3)4,26-15-7-5-8-16-26)27-17-9-6-10-18-27/h5-13,15-21,25,28-30H,1,14,22-23H2,2-4H3/t25-,28-,29-,30?/m0/s1. The highest BCUT2D eigenvalue weighted by molar-refractivity contribution is 7.99. The number of hydrogen-bond donors (Lipinski definition) is 0. The van der Waals surface area contributed by atoms with Crippen LogP contribution in [0.2, 0.25) is 5.04 Å². The summed E-state index contributed by atoms with van der Waals surface area (Å²) in [6.45, 7) is 11.6. The predicted molar refractivity (Wildman–Crippen MR) is 155 cm³/mol. The van der Waals surface area contributed by atoms with E-state index in [1.54, 1.807) is 0 Å². The average Bonchev–Trinajstić information content (AvgIpc) is 3.04. The lowest BCUT2D eigenvalue weighted by Crippen LogP contribution is -2.67. The van der Waals surface area contributed by atoms with Crippen LogP contribution in [0.25, 0.3) is 0 Å². The van der Waals surface area contributed by atoms with Gasteiger partial charge in [-0.3, -0.25) is 0 Å². The highest BCUT2D eigenvalue weighted by Gasteiger charge is 2.52. The number of pyridine rings is 1. The maximum absolute atomic E-state index is 7.57. The van der Waals surface area contributed by atoms with E-state index in [-0.39, 0.29) is 11.1 Å². The van der Waals surface area contributed by atoms with E-state index in [1.165, 1.54) is 15.9 Å². The van der Waals surface area contributed by atoms with Crippen LogP contribution in [0.1, 0.15) is 40.0 Å². The number of fused-ring (bicyclic) bond motifs is 1. The molecule has 186 valence electrons. The van der Waals surface area contributed by atoms with Crippen molar-refractivity contribution in [3.63, 3.8) is 0 Å². The lowest BCUT2D eigenvalue weighted by Gasteiger charge is -2.45. The van der Waals surface area contributed by atoms with E-state index in [0.29, 0.717) is 17.1 Å². The van der Waals surface area contributed by atoms with Gasteiger partial charge in [0.1, 0.15) is 0 Å². The summed E-state index contributed by atoms with van der Waals surface area (Å²) in [6, 6.07) is 28.2. The van der Waals surface area contributed by atoms with Crippen molar-refractivity contribution >= 4 is 30.5 Å². The number of rotatable bonds is 6. The fraction of sp³-hybridized carbons (Fsp3) is 0.344. The maximum atomic E-state index is 7.57. The van der Waals surface area contributed by atoms with Crippen LogP contribution in [0.5, 0.6) is 0 Å². The van der Waals surface area contributed by atoms with Crippen LogP contribution in [0.4, 0.5) is 0 Å². The number of thioether (sulfide) groups is 1. The molecule has 5 rings (SSSR count). The predicted octanol–water partition coefficient (Wildman–Crippen LogP) is 7.03. The third kappa shape index (κ3) is 4.91. The topological polar surface area (TPSA) is 22.1 Å². The summed E-state index contributed by atoms with van der Waals surface area (Å²) in [6.07, 6.45) is 9.89. The summed E-state index contributed by atoms with van der Waals surface area (Å²) in [5, 5.41) is 4.26. The van der Waals surface area contributed by atoms with Crippen LogP contribution in [0, 0.1) is 11.8 Å². The van der Waals surface area contributed by atoms with Crippen molar-refractivity contribution in [2.24, 2.45) is 11.8 Å². The number of nitrogens with zero attached hydrogens (tertiary/aromatic N) is 1. The number of hydrogen-bond acceptors (Lipinski definition) is 3. The van der Waals surface area contributed by atoms with Crippen molar-refractivity contribution in [1.29, 1.82) is 0 Å². The molecule has 1 fully saturated rings. The molecule has 1 saturated carbocycles. The Morgan fingerprint density at radius 1 is 0.917 bits per heavy atom. The molecule has 1 heterocycles. The van der Waals surface area contributed by atoms with Gasteiger partial charge >= 0.3 is 0 Å². The number of benzene rings is 2. The zero-order valence-electron chi connectivity index (χ0n) is 21.6. The lowest BCUT2D eigenvalue weighted by molar-refractivity contribution is 0.158. The molecule has 2 aliphatic rings. The number of aromatic nitrogens is 1. The van der Waals surface area contributed by atoms with Gasteiger partial charge < -0.3 is 4.43 Å². The van der Waals surface area contributed by atoms with Gasteiger partial charge in [0.05, 0.1) is 5.03 Å². The SMILES string of the molecule is C=C1CC(Sc2ccccn2)[C@H]2C[C@@H](O[Si](c3ccccc3)(c3ccccc3)C(C)(C)C)CC=C[C@@H]12. The molecule has 0 amide bonds. The van der Waals surface area contributed by atoms with Crippen LogP contribution < -0.4 is 10.4 Å². The molecule has 4 heteroatoms. The first-order chi connectivity index (χ1) is 17.4. The first-order valence-corrected chi connectivity index (χ1v) is 15.9. The van der Waals surface area contributed by atoms with Gasteiger partial charge in [0.2, 0.25) is 0 Å². The van der Waals surface area contributed by atoms with Gasteiger partial charge in [-0.15, -0.1) is 11.8 Å². The number of allylic oxidation sites excluding steroid dienone is 2. The Kier molecular flexibility index (Phi) is 7.39. The van der Waals surface area contributed by atoms with Gasteiger partial charge in [0, 0.05) is 23.5 Å². The van der Waals surface area contributed by atoms with Gasteiger partial charge in [-0.2, -0.15) is 0 Å². The Morgan fingerprint density at radius 3 is 2.14 bits per heavy atom. The molecule has 36 heavy (non-hydrogen) atoms. The van der Waals surface area contributed by atoms with Crippen molar-refractivity contribution in [2.45, 2.75) is 61.5 Å². The molecular formula is C32H37NOSSi. The first kappa shape index (κ1) is 25.3. The largest absolute Gasteiger partial charge is 0.404 e. The minimum Gasteiger partial charge on any atom is -0.404 e. The van der Waals surface area contributed by atoms with E-state index in [0.717, 1.165) is 24.3 Å². The van der Waals surface area contributed by atoms with Gasteiger partial charge in [0.15, 0.2) is 0 Å². The van der Waals surface area contributed by atoms with E-state index >= 15 is 0 Å². The van der Waals surface area contributed by atoms with Gasteiger partial charge in [-0.25, -0.2) is 4.98 Å². The van der Waals surface area contributed by atoms with Crippen LogP contribution in [0.3, 0.4) is 0 Å². The Bertz CT molecular complexity index is 1150. The Labute approximate surface area is 222 Å². The Hall–Kier alpha value is -2.40. The minimum absolute atomic E-state index is 0.0213. The van der Waals surface area contributed by atoms with E-state index in [4.69, 9.17) is 4.43 Å². The van der Waals surface area contributed by atoms with E-state index in [1.807, 2.05) is 24.0 Å². The Balaban J connectivity index is 1.50. The second-order valence-electron chi connectivity index (χ2n) is 11.2.